The largest absolute Gasteiger partial charge is 0.507 e. The molecule has 0 atom stereocenters. The summed E-state index contributed by atoms with van der Waals surface area (Å²) in [5.74, 6) is -0.317. The minimum Gasteiger partial charge on any atom is -0.507 e. The number of nitrogens with one attached hydrogen (secondary N) is 1. The van der Waals surface area contributed by atoms with Crippen LogP contribution in [0, 0.1) is 0 Å². The first kappa shape index (κ1) is 17.9. The van der Waals surface area contributed by atoms with Gasteiger partial charge < -0.3 is 10.2 Å². The third-order valence-corrected chi connectivity index (χ3v) is 4.67. The second kappa shape index (κ2) is 7.24. The molecular formula is C20H15BrN4O3. The Balaban J connectivity index is 1.76. The lowest BCUT2D eigenvalue weighted by molar-refractivity contribution is 0.0706. The van der Waals surface area contributed by atoms with Crippen LogP contribution < -0.4 is 10.5 Å². The predicted molar refractivity (Wildman–Crippen MR) is 109 cm³/mol. The molecule has 3 aromatic carbocycles. The van der Waals surface area contributed by atoms with E-state index in [2.05, 4.69) is 26.5 Å². The van der Waals surface area contributed by atoms with Crippen LogP contribution in [-0.2, 0) is 0 Å². The number of hydrogen-bond acceptors (Lipinski definition) is 6. The van der Waals surface area contributed by atoms with Crippen LogP contribution in [0.25, 0.3) is 0 Å². The first-order valence-corrected chi connectivity index (χ1v) is 9.15. The minimum atomic E-state index is -0.504. The van der Waals surface area contributed by atoms with Gasteiger partial charge in [0.2, 0.25) is 0 Å². The lowest BCUT2D eigenvalue weighted by Crippen LogP contribution is -2.48. The standard InChI is InChI=1S/C20H15BrN4O3/c21-13-9-11-14(12-10-13)24-22-19(15-5-1-3-7-17(15)26)23-25(24)20(28)16-6-2-4-8-18(16)27/h1-12,26-27H,(H,22,23). The highest BCUT2D eigenvalue weighted by atomic mass is 79.9. The molecule has 0 unspecified atom stereocenters. The predicted octanol–water partition coefficient (Wildman–Crippen LogP) is 3.60. The Bertz CT molecular complexity index is 1070. The van der Waals surface area contributed by atoms with E-state index in [-0.39, 0.29) is 17.1 Å². The highest BCUT2D eigenvalue weighted by molar-refractivity contribution is 9.10. The molecule has 0 radical (unpaired) electrons. The van der Waals surface area contributed by atoms with Gasteiger partial charge in [-0.3, -0.25) is 10.2 Å². The Hall–Kier alpha value is -3.52. The van der Waals surface area contributed by atoms with Crippen LogP contribution in [-0.4, -0.2) is 27.1 Å². The third kappa shape index (κ3) is 3.25. The smallest absolute Gasteiger partial charge is 0.297 e. The molecule has 0 saturated heterocycles. The van der Waals surface area contributed by atoms with E-state index in [1.165, 1.54) is 28.4 Å². The average Bonchev–Trinajstić information content (AvgIpc) is 3.14. The Morgan fingerprint density at radius 3 is 2.21 bits per heavy atom. The van der Waals surface area contributed by atoms with E-state index in [4.69, 9.17) is 0 Å². The number of halogens is 1. The molecule has 4 rings (SSSR count). The number of nitrogens with zero attached hydrogens (tertiary/aromatic N) is 3. The molecule has 1 aliphatic rings. The van der Waals surface area contributed by atoms with E-state index < -0.39 is 5.91 Å². The molecule has 140 valence electrons. The summed E-state index contributed by atoms with van der Waals surface area (Å²) in [5, 5.41) is 27.3. The second-order valence-corrected chi connectivity index (χ2v) is 6.89. The zero-order valence-electron chi connectivity index (χ0n) is 14.5. The maximum absolute atomic E-state index is 13.1. The van der Waals surface area contributed by atoms with Crippen molar-refractivity contribution >= 4 is 33.4 Å². The summed E-state index contributed by atoms with van der Waals surface area (Å²) >= 11 is 3.39. The van der Waals surface area contributed by atoms with E-state index >= 15 is 0 Å². The number of phenolic OH excluding ortho intramolecular Hbond substituents is 2. The van der Waals surface area contributed by atoms with Crippen LogP contribution in [0.3, 0.4) is 0 Å². The molecule has 3 N–H and O–H groups in total. The van der Waals surface area contributed by atoms with Crippen LogP contribution in [0.1, 0.15) is 15.9 Å². The highest BCUT2D eigenvalue weighted by Crippen LogP contribution is 2.27. The van der Waals surface area contributed by atoms with E-state index in [0.717, 1.165) is 4.47 Å². The van der Waals surface area contributed by atoms with E-state index in [0.29, 0.717) is 17.1 Å². The van der Waals surface area contributed by atoms with Crippen molar-refractivity contribution in [1.29, 1.82) is 0 Å². The van der Waals surface area contributed by atoms with Gasteiger partial charge in [0.1, 0.15) is 11.5 Å². The monoisotopic (exact) mass is 438 g/mol. The number of aromatic hydroxyl groups is 2. The third-order valence-electron chi connectivity index (χ3n) is 4.14. The number of phenols is 2. The van der Waals surface area contributed by atoms with Crippen molar-refractivity contribution < 1.29 is 15.0 Å². The van der Waals surface area contributed by atoms with Crippen LogP contribution in [0.5, 0.6) is 11.5 Å². The Morgan fingerprint density at radius 2 is 1.54 bits per heavy atom. The Kier molecular flexibility index (Phi) is 4.62. The zero-order valence-corrected chi connectivity index (χ0v) is 16.0. The minimum absolute atomic E-state index is 0.0290. The average molecular weight is 439 g/mol. The molecule has 1 aliphatic heterocycles. The summed E-state index contributed by atoms with van der Waals surface area (Å²) in [5.41, 5.74) is 4.09. The molecule has 1 heterocycles. The fourth-order valence-electron chi connectivity index (χ4n) is 2.75. The molecule has 28 heavy (non-hydrogen) atoms. The lowest BCUT2D eigenvalue weighted by Gasteiger charge is -2.26. The van der Waals surface area contributed by atoms with Gasteiger partial charge in [-0.2, -0.15) is 0 Å². The molecule has 0 aromatic heterocycles. The molecule has 0 saturated carbocycles. The van der Waals surface area contributed by atoms with Crippen molar-refractivity contribution in [3.05, 3.63) is 88.4 Å². The zero-order chi connectivity index (χ0) is 19.7. The number of hydrazone groups is 1. The normalized spacial score (nSPS) is 13.2. The van der Waals surface area contributed by atoms with Gasteiger partial charge in [-0.05, 0) is 48.5 Å². The summed E-state index contributed by atoms with van der Waals surface area (Å²) in [4.78, 5) is 13.1. The number of amidine groups is 1. The molecule has 8 heteroatoms. The quantitative estimate of drug-likeness (QED) is 0.581. The molecule has 0 spiro atoms. The molecule has 1 amide bonds. The molecular weight excluding hydrogens is 424 g/mol. The van der Waals surface area contributed by atoms with Crippen LogP contribution in [0.15, 0.2) is 82.4 Å². The van der Waals surface area contributed by atoms with Crippen molar-refractivity contribution in [3.8, 4) is 11.5 Å². The van der Waals surface area contributed by atoms with E-state index in [1.807, 2.05) is 12.1 Å². The summed E-state index contributed by atoms with van der Waals surface area (Å²) < 4.78 is 0.881. The van der Waals surface area contributed by atoms with Gasteiger partial charge in [0.15, 0.2) is 5.84 Å². The molecule has 3 aromatic rings. The maximum atomic E-state index is 13.1. The number of carbonyl (C=O) groups excluding carboxylic acids is 1. The van der Waals surface area contributed by atoms with Crippen molar-refractivity contribution in [2.24, 2.45) is 5.10 Å². The maximum Gasteiger partial charge on any atom is 0.297 e. The number of hydrogen-bond donors (Lipinski definition) is 3. The van der Waals surface area contributed by atoms with Crippen LogP contribution in [0.4, 0.5) is 5.69 Å². The number of amides is 1. The fraction of sp³-hybridized carbons (Fsp3) is 0. The first-order valence-electron chi connectivity index (χ1n) is 8.36. The topological polar surface area (TPSA) is 88.4 Å². The first-order chi connectivity index (χ1) is 13.5. The molecule has 0 fully saturated rings. The Labute approximate surface area is 169 Å². The van der Waals surface area contributed by atoms with E-state index in [1.54, 1.807) is 42.5 Å². The SMILES string of the molecule is O=C(c1ccccc1O)N1NC(c2ccccc2O)=NN1c1ccc(Br)cc1. The number of carbonyl (C=O) groups is 1. The van der Waals surface area contributed by atoms with Crippen LogP contribution in [0.2, 0.25) is 0 Å². The van der Waals surface area contributed by atoms with Crippen molar-refractivity contribution in [2.45, 2.75) is 0 Å². The van der Waals surface area contributed by atoms with Gasteiger partial charge >= 0.3 is 0 Å². The van der Waals surface area contributed by atoms with Gasteiger partial charge in [-0.15, -0.1) is 15.3 Å². The number of hydrazine groups is 2. The fourth-order valence-corrected chi connectivity index (χ4v) is 3.01. The van der Waals surface area contributed by atoms with Crippen molar-refractivity contribution in [1.82, 2.24) is 10.5 Å². The van der Waals surface area contributed by atoms with Gasteiger partial charge in [-0.25, -0.2) is 0 Å². The van der Waals surface area contributed by atoms with Gasteiger partial charge in [0.25, 0.3) is 5.91 Å². The summed E-state index contributed by atoms with van der Waals surface area (Å²) in [6, 6.07) is 20.2. The number of anilines is 1. The summed E-state index contributed by atoms with van der Waals surface area (Å²) in [7, 11) is 0. The summed E-state index contributed by atoms with van der Waals surface area (Å²) in [6.45, 7) is 0. The molecule has 0 bridgehead atoms. The number of rotatable bonds is 3. The highest BCUT2D eigenvalue weighted by Gasteiger charge is 2.33. The van der Waals surface area contributed by atoms with Gasteiger partial charge in [0, 0.05) is 4.47 Å². The van der Waals surface area contributed by atoms with E-state index in [9.17, 15) is 15.0 Å². The number of benzene rings is 3. The second-order valence-electron chi connectivity index (χ2n) is 5.98. The van der Waals surface area contributed by atoms with Gasteiger partial charge in [-0.1, -0.05) is 40.2 Å². The molecule has 7 nitrogen and oxygen atoms in total. The number of para-hydroxylation sites is 2. The lowest BCUT2D eigenvalue weighted by atomic mass is 10.2. The molecule has 0 aliphatic carbocycles. The van der Waals surface area contributed by atoms with Crippen LogP contribution >= 0.6 is 15.9 Å². The van der Waals surface area contributed by atoms with Crippen molar-refractivity contribution in [2.75, 3.05) is 5.12 Å². The van der Waals surface area contributed by atoms with Gasteiger partial charge in [0.05, 0.1) is 16.8 Å². The van der Waals surface area contributed by atoms with Crippen molar-refractivity contribution in [3.63, 3.8) is 0 Å². The summed E-state index contributed by atoms with van der Waals surface area (Å²) in [6.07, 6.45) is 0. The Morgan fingerprint density at radius 1 is 0.893 bits per heavy atom.